The summed E-state index contributed by atoms with van der Waals surface area (Å²) >= 11 is 5.30. The fraction of sp³-hybridized carbons (Fsp3) is 0.333. The molecule has 19 heavy (non-hydrogen) atoms. The first-order chi connectivity index (χ1) is 9.24. The normalized spacial score (nSPS) is 15.9. The zero-order valence-corrected chi connectivity index (χ0v) is 13.4. The molecule has 0 N–H and O–H groups in total. The van der Waals surface area contributed by atoms with Crippen molar-refractivity contribution < 1.29 is 0 Å². The maximum absolute atomic E-state index is 3.53. The van der Waals surface area contributed by atoms with Crippen molar-refractivity contribution in [1.29, 1.82) is 0 Å². The Hall–Kier alpha value is -1.000. The summed E-state index contributed by atoms with van der Waals surface area (Å²) < 4.78 is 1.16. The molecule has 0 aliphatic carbocycles. The summed E-state index contributed by atoms with van der Waals surface area (Å²) in [6.45, 7) is 6.58. The monoisotopic (exact) mass is 336 g/mol. The van der Waals surface area contributed by atoms with Gasteiger partial charge in [-0.2, -0.15) is 11.3 Å². The van der Waals surface area contributed by atoms with Gasteiger partial charge in [-0.15, -0.1) is 0 Å². The zero-order chi connectivity index (χ0) is 13.2. The first kappa shape index (κ1) is 13.0. The van der Waals surface area contributed by atoms with Crippen LogP contribution in [0.15, 0.2) is 39.5 Å². The lowest BCUT2D eigenvalue weighted by atomic mass is 10.1. The topological polar surface area (TPSA) is 6.48 Å². The van der Waals surface area contributed by atoms with Crippen LogP contribution in [-0.2, 0) is 0 Å². The van der Waals surface area contributed by atoms with E-state index >= 15 is 0 Å². The van der Waals surface area contributed by atoms with Crippen molar-refractivity contribution in [3.8, 4) is 0 Å². The van der Waals surface area contributed by atoms with E-state index in [1.165, 1.54) is 16.9 Å². The second kappa shape index (κ2) is 5.55. The molecule has 0 spiro atoms. The summed E-state index contributed by atoms with van der Waals surface area (Å²) in [4.78, 5) is 4.96. The van der Waals surface area contributed by atoms with E-state index in [9.17, 15) is 0 Å². The molecule has 2 nitrogen and oxygen atoms in total. The molecule has 100 valence electrons. The number of benzene rings is 1. The Bertz CT molecular complexity index is 545. The van der Waals surface area contributed by atoms with Gasteiger partial charge in [-0.3, -0.25) is 0 Å². The molecule has 0 unspecified atom stereocenters. The molecular formula is C15H17BrN2S. The van der Waals surface area contributed by atoms with Crippen molar-refractivity contribution in [3.05, 3.63) is 45.1 Å². The van der Waals surface area contributed by atoms with E-state index in [2.05, 4.69) is 67.7 Å². The Kier molecular flexibility index (Phi) is 3.80. The van der Waals surface area contributed by atoms with Crippen molar-refractivity contribution in [2.75, 3.05) is 36.0 Å². The van der Waals surface area contributed by atoms with Crippen LogP contribution in [0.25, 0.3) is 0 Å². The van der Waals surface area contributed by atoms with Gasteiger partial charge in [0, 0.05) is 47.4 Å². The molecule has 1 aliphatic heterocycles. The van der Waals surface area contributed by atoms with Gasteiger partial charge in [-0.1, -0.05) is 15.9 Å². The molecule has 1 aliphatic rings. The number of nitrogens with zero attached hydrogens (tertiary/aromatic N) is 2. The van der Waals surface area contributed by atoms with Crippen molar-refractivity contribution in [2.45, 2.75) is 6.92 Å². The van der Waals surface area contributed by atoms with Crippen LogP contribution in [0, 0.1) is 6.92 Å². The number of anilines is 2. The molecule has 4 heteroatoms. The molecule has 1 fully saturated rings. The van der Waals surface area contributed by atoms with Crippen molar-refractivity contribution in [1.82, 2.24) is 0 Å². The van der Waals surface area contributed by atoms with Crippen LogP contribution in [-0.4, -0.2) is 26.2 Å². The summed E-state index contributed by atoms with van der Waals surface area (Å²) in [6.07, 6.45) is 0. The lowest BCUT2D eigenvalue weighted by Crippen LogP contribution is -2.46. The van der Waals surface area contributed by atoms with Crippen LogP contribution < -0.4 is 9.80 Å². The van der Waals surface area contributed by atoms with Crippen LogP contribution in [0.4, 0.5) is 11.4 Å². The Morgan fingerprint density at radius 2 is 1.79 bits per heavy atom. The standard InChI is InChI=1S/C15H17BrN2S/c1-12-10-13(16)2-3-15(12)18-7-5-17(6-8-18)14-4-9-19-11-14/h2-4,9-11H,5-8H2,1H3. The first-order valence-corrected chi connectivity index (χ1v) is 8.26. The minimum Gasteiger partial charge on any atom is -0.368 e. The summed E-state index contributed by atoms with van der Waals surface area (Å²) in [5, 5.41) is 4.39. The SMILES string of the molecule is Cc1cc(Br)ccc1N1CCN(c2ccsc2)CC1. The van der Waals surface area contributed by atoms with E-state index in [4.69, 9.17) is 0 Å². The minimum atomic E-state index is 1.10. The Morgan fingerprint density at radius 1 is 1.05 bits per heavy atom. The maximum Gasteiger partial charge on any atom is 0.0476 e. The van der Waals surface area contributed by atoms with E-state index in [0.29, 0.717) is 0 Å². The van der Waals surface area contributed by atoms with E-state index < -0.39 is 0 Å². The number of aryl methyl sites for hydroxylation is 1. The molecule has 1 saturated heterocycles. The average molecular weight is 337 g/mol. The number of halogens is 1. The second-order valence-electron chi connectivity index (χ2n) is 4.89. The van der Waals surface area contributed by atoms with Crippen LogP contribution in [0.1, 0.15) is 5.56 Å². The predicted octanol–water partition coefficient (Wildman–Crippen LogP) is 4.15. The van der Waals surface area contributed by atoms with Gasteiger partial charge in [0.05, 0.1) is 0 Å². The summed E-state index contributed by atoms with van der Waals surface area (Å²) in [5.74, 6) is 0. The molecule has 0 saturated carbocycles. The molecule has 0 bridgehead atoms. The summed E-state index contributed by atoms with van der Waals surface area (Å²) in [6, 6.07) is 8.76. The van der Waals surface area contributed by atoms with Gasteiger partial charge in [-0.05, 0) is 42.1 Å². The number of hydrogen-bond acceptors (Lipinski definition) is 3. The molecule has 3 rings (SSSR count). The fourth-order valence-electron chi connectivity index (χ4n) is 2.62. The van der Waals surface area contributed by atoms with Crippen molar-refractivity contribution in [2.24, 2.45) is 0 Å². The molecule has 0 radical (unpaired) electrons. The van der Waals surface area contributed by atoms with E-state index in [0.717, 1.165) is 30.7 Å². The lowest BCUT2D eigenvalue weighted by molar-refractivity contribution is 0.653. The quantitative estimate of drug-likeness (QED) is 0.812. The number of rotatable bonds is 2. The van der Waals surface area contributed by atoms with Crippen LogP contribution in [0.3, 0.4) is 0 Å². The van der Waals surface area contributed by atoms with Crippen molar-refractivity contribution in [3.63, 3.8) is 0 Å². The van der Waals surface area contributed by atoms with Gasteiger partial charge in [0.15, 0.2) is 0 Å². The van der Waals surface area contributed by atoms with Gasteiger partial charge in [0.1, 0.15) is 0 Å². The largest absolute Gasteiger partial charge is 0.368 e. The van der Waals surface area contributed by atoms with Crippen LogP contribution in [0.2, 0.25) is 0 Å². The molecule has 1 aromatic heterocycles. The van der Waals surface area contributed by atoms with Gasteiger partial charge in [0.25, 0.3) is 0 Å². The number of hydrogen-bond donors (Lipinski definition) is 0. The molecule has 2 aromatic rings. The number of thiophene rings is 1. The molecular weight excluding hydrogens is 320 g/mol. The van der Waals surface area contributed by atoms with E-state index in [1.54, 1.807) is 11.3 Å². The van der Waals surface area contributed by atoms with Gasteiger partial charge in [0.2, 0.25) is 0 Å². The third kappa shape index (κ3) is 2.79. The molecule has 1 aromatic carbocycles. The van der Waals surface area contributed by atoms with Crippen LogP contribution >= 0.6 is 27.3 Å². The maximum atomic E-state index is 3.53. The highest BCUT2D eigenvalue weighted by molar-refractivity contribution is 9.10. The summed E-state index contributed by atoms with van der Waals surface area (Å²) in [7, 11) is 0. The average Bonchev–Trinajstić information content (AvgIpc) is 2.93. The van der Waals surface area contributed by atoms with Crippen molar-refractivity contribution >= 4 is 38.6 Å². The Labute approximate surface area is 126 Å². The second-order valence-corrected chi connectivity index (χ2v) is 6.58. The van der Waals surface area contributed by atoms with Gasteiger partial charge in [-0.25, -0.2) is 0 Å². The highest BCUT2D eigenvalue weighted by atomic mass is 79.9. The van der Waals surface area contributed by atoms with Crippen LogP contribution in [0.5, 0.6) is 0 Å². The fourth-order valence-corrected chi connectivity index (χ4v) is 3.76. The summed E-state index contributed by atoms with van der Waals surface area (Å²) in [5.41, 5.74) is 4.09. The molecule has 2 heterocycles. The third-order valence-corrected chi connectivity index (χ3v) is 4.81. The lowest BCUT2D eigenvalue weighted by Gasteiger charge is -2.37. The Morgan fingerprint density at radius 3 is 2.42 bits per heavy atom. The smallest absolute Gasteiger partial charge is 0.0476 e. The third-order valence-electron chi connectivity index (χ3n) is 3.65. The zero-order valence-electron chi connectivity index (χ0n) is 11.0. The Balaban J connectivity index is 1.70. The first-order valence-electron chi connectivity index (χ1n) is 6.52. The predicted molar refractivity (Wildman–Crippen MR) is 87.6 cm³/mol. The van der Waals surface area contributed by atoms with Gasteiger partial charge >= 0.3 is 0 Å². The highest BCUT2D eigenvalue weighted by Gasteiger charge is 2.18. The molecule has 0 atom stereocenters. The van der Waals surface area contributed by atoms with E-state index in [-0.39, 0.29) is 0 Å². The number of piperazine rings is 1. The molecule has 0 amide bonds. The highest BCUT2D eigenvalue weighted by Crippen LogP contribution is 2.26. The minimum absolute atomic E-state index is 1.10. The van der Waals surface area contributed by atoms with E-state index in [1.807, 2.05) is 0 Å². The van der Waals surface area contributed by atoms with Gasteiger partial charge < -0.3 is 9.80 Å².